The monoisotopic (exact) mass is 365 g/mol. The van der Waals surface area contributed by atoms with Crippen molar-refractivity contribution >= 4 is 11.6 Å². The van der Waals surface area contributed by atoms with Crippen molar-refractivity contribution in [2.75, 3.05) is 30.0 Å². The number of aromatic nitrogens is 3. The van der Waals surface area contributed by atoms with Crippen LogP contribution in [0.4, 0.5) is 20.4 Å². The highest BCUT2D eigenvalue weighted by Crippen LogP contribution is 2.25. The van der Waals surface area contributed by atoms with Gasteiger partial charge in [-0.2, -0.15) is 0 Å². The number of aliphatic hydroxyl groups is 1. The van der Waals surface area contributed by atoms with Gasteiger partial charge in [0.25, 0.3) is 6.43 Å². The quantitative estimate of drug-likeness (QED) is 0.741. The lowest BCUT2D eigenvalue weighted by Gasteiger charge is -2.24. The number of ether oxygens (including phenoxy) is 1. The molecule has 0 spiro atoms. The molecule has 3 rings (SSSR count). The highest BCUT2D eigenvalue weighted by molar-refractivity contribution is 5.50. The summed E-state index contributed by atoms with van der Waals surface area (Å²) in [5.41, 5.74) is 0.655. The van der Waals surface area contributed by atoms with Gasteiger partial charge in [-0.15, -0.1) is 0 Å². The average Bonchev–Trinajstić information content (AvgIpc) is 3.14. The van der Waals surface area contributed by atoms with Crippen molar-refractivity contribution in [2.24, 2.45) is 0 Å². The molecule has 1 fully saturated rings. The van der Waals surface area contributed by atoms with Crippen LogP contribution in [0.3, 0.4) is 0 Å². The predicted octanol–water partition coefficient (Wildman–Crippen LogP) is 2.09. The van der Waals surface area contributed by atoms with Crippen LogP contribution < -0.4 is 15.0 Å². The number of pyridine rings is 1. The van der Waals surface area contributed by atoms with E-state index >= 15 is 0 Å². The summed E-state index contributed by atoms with van der Waals surface area (Å²) in [4.78, 5) is 14.5. The SMILES string of the molecule is OCC1CCCN1c1cc(NCc2cccnc2OCC(F)F)ncn1. The van der Waals surface area contributed by atoms with Gasteiger partial charge in [-0.25, -0.2) is 23.7 Å². The molecular formula is C17H21F2N5O2. The Bertz CT molecular complexity index is 719. The molecule has 7 nitrogen and oxygen atoms in total. The van der Waals surface area contributed by atoms with Crippen LogP contribution >= 0.6 is 0 Å². The fourth-order valence-corrected chi connectivity index (χ4v) is 2.94. The lowest BCUT2D eigenvalue weighted by molar-refractivity contribution is 0.0791. The second kappa shape index (κ2) is 8.70. The van der Waals surface area contributed by atoms with Crippen LogP contribution in [0, 0.1) is 0 Å². The lowest BCUT2D eigenvalue weighted by atomic mass is 10.2. The third-order valence-corrected chi connectivity index (χ3v) is 4.19. The zero-order valence-corrected chi connectivity index (χ0v) is 14.2. The molecule has 0 amide bonds. The molecule has 1 aliphatic heterocycles. The van der Waals surface area contributed by atoms with E-state index < -0.39 is 13.0 Å². The molecule has 0 aliphatic carbocycles. The summed E-state index contributed by atoms with van der Waals surface area (Å²) in [5.74, 6) is 1.52. The zero-order valence-electron chi connectivity index (χ0n) is 14.2. The first-order valence-corrected chi connectivity index (χ1v) is 8.45. The van der Waals surface area contributed by atoms with E-state index in [0.29, 0.717) is 17.9 Å². The van der Waals surface area contributed by atoms with E-state index in [0.717, 1.165) is 25.2 Å². The number of hydrogen-bond donors (Lipinski definition) is 2. The predicted molar refractivity (Wildman–Crippen MR) is 92.5 cm³/mol. The maximum absolute atomic E-state index is 12.3. The van der Waals surface area contributed by atoms with E-state index in [1.54, 1.807) is 12.1 Å². The minimum atomic E-state index is -2.55. The molecule has 3 heterocycles. The summed E-state index contributed by atoms with van der Waals surface area (Å²) in [6.07, 6.45) is 2.35. The van der Waals surface area contributed by atoms with Gasteiger partial charge in [0.15, 0.2) is 6.61 Å². The van der Waals surface area contributed by atoms with Crippen LogP contribution in [0.15, 0.2) is 30.7 Å². The Morgan fingerprint density at radius 3 is 3.04 bits per heavy atom. The van der Waals surface area contributed by atoms with Gasteiger partial charge in [-0.1, -0.05) is 6.07 Å². The number of nitrogens with zero attached hydrogens (tertiary/aromatic N) is 4. The molecular weight excluding hydrogens is 344 g/mol. The first kappa shape index (κ1) is 18.2. The first-order chi connectivity index (χ1) is 12.7. The third-order valence-electron chi connectivity index (χ3n) is 4.19. The van der Waals surface area contributed by atoms with E-state index in [1.807, 2.05) is 6.07 Å². The Labute approximate surface area is 150 Å². The van der Waals surface area contributed by atoms with E-state index in [9.17, 15) is 13.9 Å². The molecule has 0 aromatic carbocycles. The number of halogens is 2. The second-order valence-electron chi connectivity index (χ2n) is 5.96. The minimum absolute atomic E-state index is 0.0745. The van der Waals surface area contributed by atoms with Crippen molar-refractivity contribution in [3.05, 3.63) is 36.3 Å². The van der Waals surface area contributed by atoms with Gasteiger partial charge in [-0.3, -0.25) is 0 Å². The molecule has 0 radical (unpaired) electrons. The number of alkyl halides is 2. The van der Waals surface area contributed by atoms with Gasteiger partial charge >= 0.3 is 0 Å². The molecule has 2 aromatic rings. The standard InChI is InChI=1S/C17H21F2N5O2/c18-14(19)10-26-17-12(3-1-5-20-17)8-21-15-7-16(23-11-22-15)24-6-2-4-13(24)9-25/h1,3,5,7,11,13-14,25H,2,4,6,8-10H2,(H,21,22,23). The molecule has 140 valence electrons. The Balaban J connectivity index is 1.66. The van der Waals surface area contributed by atoms with Gasteiger partial charge in [0, 0.05) is 30.9 Å². The molecule has 1 unspecified atom stereocenters. The normalized spacial score (nSPS) is 16.9. The summed E-state index contributed by atoms with van der Waals surface area (Å²) < 4.78 is 29.7. The van der Waals surface area contributed by atoms with Crippen molar-refractivity contribution in [3.63, 3.8) is 0 Å². The van der Waals surface area contributed by atoms with Crippen molar-refractivity contribution in [1.82, 2.24) is 15.0 Å². The number of nitrogens with one attached hydrogen (secondary N) is 1. The van der Waals surface area contributed by atoms with Crippen LogP contribution in [-0.4, -0.2) is 52.3 Å². The highest BCUT2D eigenvalue weighted by atomic mass is 19.3. The molecule has 1 atom stereocenters. The van der Waals surface area contributed by atoms with Gasteiger partial charge in [0.2, 0.25) is 5.88 Å². The second-order valence-corrected chi connectivity index (χ2v) is 5.96. The molecule has 26 heavy (non-hydrogen) atoms. The molecule has 1 aliphatic rings. The van der Waals surface area contributed by atoms with Gasteiger partial charge in [0.1, 0.15) is 18.0 Å². The Kier molecular flexibility index (Phi) is 6.11. The summed E-state index contributed by atoms with van der Waals surface area (Å²) >= 11 is 0. The maximum Gasteiger partial charge on any atom is 0.272 e. The third kappa shape index (κ3) is 4.54. The van der Waals surface area contributed by atoms with Crippen LogP contribution in [0.5, 0.6) is 5.88 Å². The van der Waals surface area contributed by atoms with Crippen molar-refractivity contribution in [3.8, 4) is 5.88 Å². The molecule has 9 heteroatoms. The van der Waals surface area contributed by atoms with E-state index in [2.05, 4.69) is 25.2 Å². The van der Waals surface area contributed by atoms with Gasteiger partial charge in [0.05, 0.1) is 12.6 Å². The van der Waals surface area contributed by atoms with Crippen LogP contribution in [-0.2, 0) is 6.54 Å². The number of anilines is 2. The van der Waals surface area contributed by atoms with E-state index in [4.69, 9.17) is 4.74 Å². The summed E-state index contributed by atoms with van der Waals surface area (Å²) in [5, 5.41) is 12.6. The number of rotatable bonds is 8. The van der Waals surface area contributed by atoms with Gasteiger partial charge in [-0.05, 0) is 18.9 Å². The average molecular weight is 365 g/mol. The van der Waals surface area contributed by atoms with Crippen LogP contribution in [0.25, 0.3) is 0 Å². The van der Waals surface area contributed by atoms with Crippen molar-refractivity contribution in [1.29, 1.82) is 0 Å². The van der Waals surface area contributed by atoms with Crippen molar-refractivity contribution < 1.29 is 18.6 Å². The van der Waals surface area contributed by atoms with Crippen LogP contribution in [0.1, 0.15) is 18.4 Å². The molecule has 2 N–H and O–H groups in total. The van der Waals surface area contributed by atoms with Gasteiger partial charge < -0.3 is 20.1 Å². The van der Waals surface area contributed by atoms with Crippen LogP contribution in [0.2, 0.25) is 0 Å². The smallest absolute Gasteiger partial charge is 0.272 e. The maximum atomic E-state index is 12.3. The van der Waals surface area contributed by atoms with E-state index in [1.165, 1.54) is 12.5 Å². The highest BCUT2D eigenvalue weighted by Gasteiger charge is 2.25. The first-order valence-electron chi connectivity index (χ1n) is 8.45. The summed E-state index contributed by atoms with van der Waals surface area (Å²) in [6.45, 7) is 0.564. The lowest BCUT2D eigenvalue weighted by Crippen LogP contribution is -2.32. The fraction of sp³-hybridized carbons (Fsp3) is 0.471. The van der Waals surface area contributed by atoms with E-state index in [-0.39, 0.29) is 18.5 Å². The topological polar surface area (TPSA) is 83.4 Å². The number of hydrogen-bond acceptors (Lipinski definition) is 7. The summed E-state index contributed by atoms with van der Waals surface area (Å²) in [6, 6.07) is 5.36. The number of aliphatic hydroxyl groups excluding tert-OH is 1. The molecule has 0 bridgehead atoms. The largest absolute Gasteiger partial charge is 0.471 e. The Morgan fingerprint density at radius 2 is 2.23 bits per heavy atom. The molecule has 2 aromatic heterocycles. The summed E-state index contributed by atoms with van der Waals surface area (Å²) in [7, 11) is 0. The Hall–Kier alpha value is -2.55. The minimum Gasteiger partial charge on any atom is -0.471 e. The Morgan fingerprint density at radius 1 is 1.35 bits per heavy atom. The molecule has 1 saturated heterocycles. The molecule has 0 saturated carbocycles. The zero-order chi connectivity index (χ0) is 18.4. The van der Waals surface area contributed by atoms with Crippen molar-refractivity contribution in [2.45, 2.75) is 31.9 Å². The fourth-order valence-electron chi connectivity index (χ4n) is 2.94.